The summed E-state index contributed by atoms with van der Waals surface area (Å²) >= 11 is 5.74. The number of hydrogen-bond donors (Lipinski definition) is 1. The standard InChI is InChI=1S/C16H20ClNO3.ClH/c1-12(19)21-15-9-5-8-14(15)18(16(20)10-11-17)13-6-3-2-4-7-13;/h2-4,6-7,14-15H,5,8-11H2,1H3;1H. The van der Waals surface area contributed by atoms with E-state index in [-0.39, 0.29) is 36.4 Å². The van der Waals surface area contributed by atoms with Crippen LogP contribution in [-0.4, -0.2) is 29.9 Å². The molecule has 0 spiro atoms. The maximum Gasteiger partial charge on any atom is 0.318 e. The monoisotopic (exact) mass is 345 g/mol. The Morgan fingerprint density at radius 3 is 2.55 bits per heavy atom. The Morgan fingerprint density at radius 2 is 1.95 bits per heavy atom. The second-order valence-electron chi connectivity index (χ2n) is 5.33. The molecule has 0 radical (unpaired) electrons. The van der Waals surface area contributed by atoms with E-state index in [1.54, 1.807) is 0 Å². The van der Waals surface area contributed by atoms with Gasteiger partial charge >= 0.3 is 11.9 Å². The molecule has 0 bridgehead atoms. The van der Waals surface area contributed by atoms with Crippen molar-refractivity contribution in [3.63, 3.8) is 0 Å². The maximum atomic E-state index is 12.5. The number of hydrogen-bond acceptors (Lipinski definition) is 3. The fraction of sp³-hybridized carbons (Fsp3) is 0.500. The molecule has 1 amide bonds. The maximum absolute atomic E-state index is 12.5. The van der Waals surface area contributed by atoms with Crippen LogP contribution in [0.4, 0.5) is 5.69 Å². The molecule has 0 aliphatic heterocycles. The number of carbonyl (C=O) groups is 2. The minimum atomic E-state index is -0.288. The molecule has 0 aromatic heterocycles. The molecule has 1 saturated carbocycles. The third-order valence-corrected chi connectivity index (χ3v) is 4.04. The van der Waals surface area contributed by atoms with Gasteiger partial charge in [0.2, 0.25) is 0 Å². The molecule has 0 saturated heterocycles. The zero-order valence-electron chi connectivity index (χ0n) is 12.6. The summed E-state index contributed by atoms with van der Waals surface area (Å²) in [5.74, 6) is 0.0736. The molecule has 1 aromatic carbocycles. The van der Waals surface area contributed by atoms with Crippen molar-refractivity contribution in [2.75, 3.05) is 5.88 Å². The van der Waals surface area contributed by atoms with Crippen molar-refractivity contribution >= 4 is 29.2 Å². The topological polar surface area (TPSA) is 47.8 Å². The molecule has 2 rings (SSSR count). The Bertz CT molecular complexity index is 495. The molecular weight excluding hydrogens is 325 g/mol. The zero-order valence-corrected chi connectivity index (χ0v) is 14.1. The van der Waals surface area contributed by atoms with Crippen LogP contribution >= 0.6 is 11.6 Å². The fourth-order valence-corrected chi connectivity index (χ4v) is 3.20. The molecule has 1 aromatic rings. The Hall–Kier alpha value is -1.10. The lowest BCUT2D eigenvalue weighted by Crippen LogP contribution is -3.15. The Balaban J connectivity index is 0.00000242. The van der Waals surface area contributed by atoms with Gasteiger partial charge in [0.1, 0.15) is 11.7 Å². The number of quaternary nitrogens is 1. The minimum absolute atomic E-state index is 0. The van der Waals surface area contributed by atoms with Crippen LogP contribution in [0, 0.1) is 0 Å². The molecule has 6 heteroatoms. The number of nitrogens with one attached hydrogen (secondary N) is 1. The number of halogens is 2. The van der Waals surface area contributed by atoms with Crippen molar-refractivity contribution in [3.8, 4) is 0 Å². The van der Waals surface area contributed by atoms with Gasteiger partial charge in [-0.3, -0.25) is 4.79 Å². The molecule has 3 atom stereocenters. The van der Waals surface area contributed by atoms with Crippen LogP contribution < -0.4 is 17.3 Å². The molecule has 1 aliphatic rings. The van der Waals surface area contributed by atoms with E-state index in [9.17, 15) is 9.59 Å². The predicted octanol–water partition coefficient (Wildman–Crippen LogP) is -1.15. The van der Waals surface area contributed by atoms with Crippen LogP contribution in [0.1, 0.15) is 32.6 Å². The van der Waals surface area contributed by atoms with E-state index in [4.69, 9.17) is 16.3 Å². The van der Waals surface area contributed by atoms with E-state index < -0.39 is 0 Å². The molecule has 0 heterocycles. The minimum Gasteiger partial charge on any atom is -1.00 e. The molecule has 1 fully saturated rings. The van der Waals surface area contributed by atoms with Gasteiger partial charge in [0.15, 0.2) is 6.10 Å². The van der Waals surface area contributed by atoms with E-state index >= 15 is 0 Å². The largest absolute Gasteiger partial charge is 1.00 e. The number of rotatable bonds is 5. The molecule has 22 heavy (non-hydrogen) atoms. The zero-order chi connectivity index (χ0) is 15.2. The number of amides is 1. The van der Waals surface area contributed by atoms with Crippen LogP contribution in [-0.2, 0) is 14.3 Å². The van der Waals surface area contributed by atoms with Crippen molar-refractivity contribution in [1.82, 2.24) is 0 Å². The van der Waals surface area contributed by atoms with E-state index in [0.717, 1.165) is 29.8 Å². The third kappa shape index (κ3) is 4.70. The Morgan fingerprint density at radius 1 is 1.27 bits per heavy atom. The van der Waals surface area contributed by atoms with Gasteiger partial charge in [-0.05, 0) is 25.0 Å². The number of para-hydroxylation sites is 1. The van der Waals surface area contributed by atoms with Crippen LogP contribution in [0.25, 0.3) is 0 Å². The molecule has 122 valence electrons. The second-order valence-corrected chi connectivity index (χ2v) is 5.71. The van der Waals surface area contributed by atoms with Gasteiger partial charge in [0, 0.05) is 19.2 Å². The van der Waals surface area contributed by atoms with E-state index in [0.29, 0.717) is 12.3 Å². The van der Waals surface area contributed by atoms with Crippen molar-refractivity contribution in [3.05, 3.63) is 30.3 Å². The van der Waals surface area contributed by atoms with Crippen LogP contribution in [0.15, 0.2) is 30.3 Å². The van der Waals surface area contributed by atoms with Gasteiger partial charge in [-0.15, -0.1) is 11.6 Å². The first-order valence-corrected chi connectivity index (χ1v) is 7.85. The second kappa shape index (κ2) is 9.13. The van der Waals surface area contributed by atoms with Crippen LogP contribution in [0.5, 0.6) is 0 Å². The Labute approximate surface area is 142 Å². The summed E-state index contributed by atoms with van der Waals surface area (Å²) in [5.41, 5.74) is 0.914. The van der Waals surface area contributed by atoms with Gasteiger partial charge < -0.3 is 17.1 Å². The first-order valence-electron chi connectivity index (χ1n) is 7.32. The van der Waals surface area contributed by atoms with Crippen molar-refractivity contribution in [2.24, 2.45) is 0 Å². The summed E-state index contributed by atoms with van der Waals surface area (Å²) in [6.07, 6.45) is 2.77. The van der Waals surface area contributed by atoms with Crippen molar-refractivity contribution in [1.29, 1.82) is 0 Å². The lowest BCUT2D eigenvalue weighted by molar-refractivity contribution is -0.783. The summed E-state index contributed by atoms with van der Waals surface area (Å²) in [4.78, 5) is 24.5. The highest BCUT2D eigenvalue weighted by Crippen LogP contribution is 2.22. The Kier molecular flexibility index (Phi) is 7.87. The predicted molar refractivity (Wildman–Crippen MR) is 80.6 cm³/mol. The molecular formula is C16H21Cl2NO3. The average molecular weight is 346 g/mol. The lowest BCUT2D eigenvalue weighted by atomic mass is 10.1. The highest BCUT2D eigenvalue weighted by molar-refractivity contribution is 6.18. The van der Waals surface area contributed by atoms with E-state index in [2.05, 4.69) is 0 Å². The highest BCUT2D eigenvalue weighted by atomic mass is 35.5. The first kappa shape index (κ1) is 18.9. The van der Waals surface area contributed by atoms with Gasteiger partial charge in [-0.1, -0.05) is 18.2 Å². The normalized spacial score (nSPS) is 21.7. The van der Waals surface area contributed by atoms with Gasteiger partial charge in [0.25, 0.3) is 0 Å². The fourth-order valence-electron chi connectivity index (χ4n) is 3.03. The highest BCUT2D eigenvalue weighted by Gasteiger charge is 2.41. The summed E-state index contributed by atoms with van der Waals surface area (Å²) in [5, 5.41) is 0. The summed E-state index contributed by atoms with van der Waals surface area (Å²) in [6, 6.07) is 9.60. The van der Waals surface area contributed by atoms with E-state index in [1.807, 2.05) is 30.3 Å². The summed E-state index contributed by atoms with van der Waals surface area (Å²) in [6.45, 7) is 1.41. The molecule has 1 N–H and O–H groups in total. The number of benzene rings is 1. The lowest BCUT2D eigenvalue weighted by Gasteiger charge is -2.27. The SMILES string of the molecule is CC(=O)OC1CCCC1[NH+](C(=O)CCCl)c1ccccc1.[Cl-]. The molecule has 4 nitrogen and oxygen atoms in total. The summed E-state index contributed by atoms with van der Waals surface area (Å²) < 4.78 is 5.41. The average Bonchev–Trinajstić information content (AvgIpc) is 2.88. The van der Waals surface area contributed by atoms with Crippen molar-refractivity contribution in [2.45, 2.75) is 44.8 Å². The molecule has 3 unspecified atom stereocenters. The summed E-state index contributed by atoms with van der Waals surface area (Å²) in [7, 11) is 0. The number of esters is 1. The number of alkyl halides is 1. The van der Waals surface area contributed by atoms with Gasteiger partial charge in [-0.25, -0.2) is 9.69 Å². The smallest absolute Gasteiger partial charge is 0.318 e. The van der Waals surface area contributed by atoms with Crippen LogP contribution in [0.3, 0.4) is 0 Å². The molecule has 1 aliphatic carbocycles. The number of ether oxygens (including phenoxy) is 1. The quantitative estimate of drug-likeness (QED) is 0.541. The van der Waals surface area contributed by atoms with Crippen LogP contribution in [0.2, 0.25) is 0 Å². The first-order chi connectivity index (χ1) is 10.1. The van der Waals surface area contributed by atoms with E-state index in [1.165, 1.54) is 6.92 Å². The third-order valence-electron chi connectivity index (χ3n) is 3.85. The number of carbonyl (C=O) groups excluding carboxylic acids is 2. The van der Waals surface area contributed by atoms with Crippen molar-refractivity contribution < 1.29 is 31.6 Å². The van der Waals surface area contributed by atoms with Gasteiger partial charge in [-0.2, -0.15) is 0 Å². The van der Waals surface area contributed by atoms with Gasteiger partial charge in [0.05, 0.1) is 6.42 Å².